The fourth-order valence-corrected chi connectivity index (χ4v) is 3.02. The van der Waals surface area contributed by atoms with E-state index in [0.717, 1.165) is 12.0 Å². The molecule has 0 bridgehead atoms. The first kappa shape index (κ1) is 16.3. The van der Waals surface area contributed by atoms with Gasteiger partial charge in [0.1, 0.15) is 11.5 Å². The lowest BCUT2D eigenvalue weighted by Crippen LogP contribution is -2.24. The van der Waals surface area contributed by atoms with Crippen LogP contribution in [0.3, 0.4) is 0 Å². The number of nitrogens with zero attached hydrogens (tertiary/aromatic N) is 3. The molecular formula is C22H19N3O. The second-order valence-corrected chi connectivity index (χ2v) is 7.20. The lowest BCUT2D eigenvalue weighted by atomic mass is 9.89. The minimum absolute atomic E-state index is 0.0107. The van der Waals surface area contributed by atoms with E-state index in [1.165, 1.54) is 0 Å². The predicted octanol–water partition coefficient (Wildman–Crippen LogP) is 3.63. The van der Waals surface area contributed by atoms with Crippen LogP contribution in [0.2, 0.25) is 0 Å². The van der Waals surface area contributed by atoms with Gasteiger partial charge in [-0.2, -0.15) is 0 Å². The average Bonchev–Trinajstić information content (AvgIpc) is 2.79. The minimum Gasteiger partial charge on any atom is -0.293 e. The van der Waals surface area contributed by atoms with Crippen LogP contribution in [0.25, 0.3) is 17.0 Å². The summed E-state index contributed by atoms with van der Waals surface area (Å²) in [5.74, 6) is 6.85. The first-order valence-electron chi connectivity index (χ1n) is 8.69. The van der Waals surface area contributed by atoms with Gasteiger partial charge in [0, 0.05) is 18.3 Å². The van der Waals surface area contributed by atoms with Gasteiger partial charge in [0.15, 0.2) is 0 Å². The number of hydrogen-bond acceptors (Lipinski definition) is 3. The van der Waals surface area contributed by atoms with E-state index in [1.807, 2.05) is 42.5 Å². The molecule has 3 aromatic rings. The molecule has 0 spiro atoms. The summed E-state index contributed by atoms with van der Waals surface area (Å²) >= 11 is 0. The Labute approximate surface area is 152 Å². The maximum absolute atomic E-state index is 12.9. The van der Waals surface area contributed by atoms with Crippen LogP contribution in [-0.2, 0) is 6.54 Å². The molecule has 1 aliphatic rings. The Hall–Kier alpha value is -3.19. The Kier molecular flexibility index (Phi) is 3.93. The van der Waals surface area contributed by atoms with Crippen LogP contribution < -0.4 is 5.56 Å². The van der Waals surface area contributed by atoms with Gasteiger partial charge in [0.2, 0.25) is 0 Å². The monoisotopic (exact) mass is 341 g/mol. The Balaban J connectivity index is 1.80. The van der Waals surface area contributed by atoms with Gasteiger partial charge >= 0.3 is 0 Å². The van der Waals surface area contributed by atoms with Gasteiger partial charge in [-0.05, 0) is 54.2 Å². The lowest BCUT2D eigenvalue weighted by molar-refractivity contribution is 0.404. The molecule has 0 saturated heterocycles. The van der Waals surface area contributed by atoms with E-state index in [9.17, 15) is 4.79 Å². The summed E-state index contributed by atoms with van der Waals surface area (Å²) in [5, 5.41) is 0.630. The summed E-state index contributed by atoms with van der Waals surface area (Å²) in [6.45, 7) is 5.02. The molecule has 1 aromatic carbocycles. The molecular weight excluding hydrogens is 322 g/mol. The Morgan fingerprint density at radius 1 is 1.15 bits per heavy atom. The van der Waals surface area contributed by atoms with E-state index in [1.54, 1.807) is 10.8 Å². The van der Waals surface area contributed by atoms with Crippen LogP contribution in [0.1, 0.15) is 37.4 Å². The summed E-state index contributed by atoms with van der Waals surface area (Å²) in [5.41, 5.74) is 2.28. The molecule has 0 unspecified atom stereocenters. The van der Waals surface area contributed by atoms with Crippen molar-refractivity contribution in [2.24, 2.45) is 5.41 Å². The Bertz CT molecular complexity index is 1130. The van der Waals surface area contributed by atoms with Gasteiger partial charge in [0.25, 0.3) is 5.56 Å². The van der Waals surface area contributed by atoms with Crippen molar-refractivity contribution in [3.63, 3.8) is 0 Å². The molecule has 0 amide bonds. The highest BCUT2D eigenvalue weighted by molar-refractivity contribution is 5.80. The molecule has 0 atom stereocenters. The van der Waals surface area contributed by atoms with Crippen molar-refractivity contribution in [1.29, 1.82) is 0 Å². The highest BCUT2D eigenvalue weighted by atomic mass is 16.1. The fourth-order valence-electron chi connectivity index (χ4n) is 3.02. The third kappa shape index (κ3) is 3.16. The standard InChI is InChI=1S/C22H19N3O/c1-22(2)11-10-20-24-19-15-16(6-8-17-5-3-4-13-23-17)7-9-18(19)21(26)25(20)14-12-22/h3-5,7,9-11,13,15H,12,14H2,1-2H3. The van der Waals surface area contributed by atoms with Gasteiger partial charge in [-0.1, -0.05) is 31.9 Å². The molecule has 128 valence electrons. The summed E-state index contributed by atoms with van der Waals surface area (Å²) in [6, 6.07) is 11.2. The van der Waals surface area contributed by atoms with Crippen LogP contribution in [0.15, 0.2) is 53.5 Å². The van der Waals surface area contributed by atoms with Crippen molar-refractivity contribution >= 4 is 17.0 Å². The molecule has 4 nitrogen and oxygen atoms in total. The SMILES string of the molecule is CC1(C)C=Cc2nc3cc(C#Cc4ccccn4)ccc3c(=O)n2CC1. The van der Waals surface area contributed by atoms with Gasteiger partial charge in [-0.25, -0.2) is 9.97 Å². The van der Waals surface area contributed by atoms with Crippen molar-refractivity contribution in [2.45, 2.75) is 26.8 Å². The molecule has 0 N–H and O–H groups in total. The number of fused-ring (bicyclic) bond motifs is 2. The lowest BCUT2D eigenvalue weighted by Gasteiger charge is -2.17. The highest BCUT2D eigenvalue weighted by Crippen LogP contribution is 2.27. The molecule has 0 saturated carbocycles. The highest BCUT2D eigenvalue weighted by Gasteiger charge is 2.20. The zero-order valence-electron chi connectivity index (χ0n) is 14.9. The van der Waals surface area contributed by atoms with E-state index in [2.05, 4.69) is 36.7 Å². The second-order valence-electron chi connectivity index (χ2n) is 7.20. The number of hydrogen-bond donors (Lipinski definition) is 0. The molecule has 3 heterocycles. The smallest absolute Gasteiger partial charge is 0.261 e. The van der Waals surface area contributed by atoms with E-state index in [4.69, 9.17) is 4.98 Å². The summed E-state index contributed by atoms with van der Waals surface area (Å²) < 4.78 is 1.77. The number of benzene rings is 1. The van der Waals surface area contributed by atoms with Crippen molar-refractivity contribution in [3.8, 4) is 11.8 Å². The molecule has 0 aliphatic carbocycles. The predicted molar refractivity (Wildman–Crippen MR) is 104 cm³/mol. The Morgan fingerprint density at radius 3 is 2.85 bits per heavy atom. The van der Waals surface area contributed by atoms with Gasteiger partial charge in [-0.3, -0.25) is 9.36 Å². The van der Waals surface area contributed by atoms with Crippen molar-refractivity contribution in [1.82, 2.24) is 14.5 Å². The quantitative estimate of drug-likeness (QED) is 0.587. The van der Waals surface area contributed by atoms with Crippen LogP contribution in [0.4, 0.5) is 0 Å². The number of aromatic nitrogens is 3. The van der Waals surface area contributed by atoms with Crippen LogP contribution in [0.5, 0.6) is 0 Å². The van der Waals surface area contributed by atoms with E-state index >= 15 is 0 Å². The van der Waals surface area contributed by atoms with Gasteiger partial charge < -0.3 is 0 Å². The van der Waals surface area contributed by atoms with Crippen LogP contribution in [0, 0.1) is 17.3 Å². The minimum atomic E-state index is 0.0107. The average molecular weight is 341 g/mol. The summed E-state index contributed by atoms with van der Waals surface area (Å²) in [4.78, 5) is 21.8. The third-order valence-corrected chi connectivity index (χ3v) is 4.65. The van der Waals surface area contributed by atoms with Gasteiger partial charge in [0.05, 0.1) is 10.9 Å². The van der Waals surface area contributed by atoms with E-state index in [0.29, 0.717) is 29.0 Å². The third-order valence-electron chi connectivity index (χ3n) is 4.65. The first-order valence-corrected chi connectivity index (χ1v) is 8.69. The van der Waals surface area contributed by atoms with Crippen molar-refractivity contribution in [2.75, 3.05) is 0 Å². The molecule has 0 fully saturated rings. The van der Waals surface area contributed by atoms with Gasteiger partial charge in [-0.15, -0.1) is 0 Å². The Morgan fingerprint density at radius 2 is 2.04 bits per heavy atom. The summed E-state index contributed by atoms with van der Waals surface area (Å²) in [6.07, 6.45) is 6.72. The number of pyridine rings is 1. The zero-order valence-corrected chi connectivity index (χ0v) is 14.9. The van der Waals surface area contributed by atoms with Crippen molar-refractivity contribution in [3.05, 3.63) is 76.1 Å². The topological polar surface area (TPSA) is 47.8 Å². The number of allylic oxidation sites excluding steroid dienone is 1. The normalized spacial score (nSPS) is 15.0. The van der Waals surface area contributed by atoms with E-state index in [-0.39, 0.29) is 11.0 Å². The van der Waals surface area contributed by atoms with E-state index < -0.39 is 0 Å². The fraction of sp³-hybridized carbons (Fsp3) is 0.227. The summed E-state index contributed by atoms with van der Waals surface area (Å²) in [7, 11) is 0. The molecule has 4 heteroatoms. The van der Waals surface area contributed by atoms with Crippen LogP contribution in [-0.4, -0.2) is 14.5 Å². The second kappa shape index (κ2) is 6.27. The maximum atomic E-state index is 12.9. The molecule has 0 radical (unpaired) electrons. The zero-order chi connectivity index (χ0) is 18.1. The molecule has 1 aliphatic heterocycles. The van der Waals surface area contributed by atoms with Crippen molar-refractivity contribution < 1.29 is 0 Å². The maximum Gasteiger partial charge on any atom is 0.261 e. The number of rotatable bonds is 0. The molecule has 4 rings (SSSR count). The largest absolute Gasteiger partial charge is 0.293 e. The molecule has 2 aromatic heterocycles. The first-order chi connectivity index (χ1) is 12.5. The van der Waals surface area contributed by atoms with Crippen LogP contribution >= 0.6 is 0 Å². The molecule has 26 heavy (non-hydrogen) atoms.